The van der Waals surface area contributed by atoms with Crippen molar-refractivity contribution in [3.05, 3.63) is 0 Å². The van der Waals surface area contributed by atoms with E-state index in [2.05, 4.69) is 13.8 Å². The third-order valence-corrected chi connectivity index (χ3v) is 13.6. The van der Waals surface area contributed by atoms with Crippen LogP contribution in [0.2, 0.25) is 0 Å². The van der Waals surface area contributed by atoms with Crippen molar-refractivity contribution < 1.29 is 82.8 Å². The number of phosphoric ester groups is 1. The molecule has 0 radical (unpaired) electrons. The van der Waals surface area contributed by atoms with Gasteiger partial charge in [0, 0.05) is 12.8 Å². The van der Waals surface area contributed by atoms with Crippen LogP contribution in [0.15, 0.2) is 0 Å². The molecule has 1 aliphatic carbocycles. The lowest BCUT2D eigenvalue weighted by Gasteiger charge is -2.47. The second-order valence-electron chi connectivity index (χ2n) is 18.5. The molecule has 390 valence electrons. The third-order valence-electron chi connectivity index (χ3n) is 12.6. The van der Waals surface area contributed by atoms with Gasteiger partial charge in [0.1, 0.15) is 61.5 Å². The monoisotopic (exact) mass is 972 g/mol. The summed E-state index contributed by atoms with van der Waals surface area (Å²) in [6, 6.07) is -1.52. The largest absolute Gasteiger partial charge is 0.472 e. The predicted octanol–water partition coefficient (Wildman–Crippen LogP) is 5.51. The molecule has 13 atom stereocenters. The number of hydrogen-bond donors (Lipinski definition) is 9. The van der Waals surface area contributed by atoms with Crippen molar-refractivity contribution in [1.82, 2.24) is 0 Å². The van der Waals surface area contributed by atoms with Crippen LogP contribution in [0, 0.1) is 0 Å². The molecule has 0 spiro atoms. The minimum atomic E-state index is -5.33. The maximum atomic E-state index is 13.4. The molecule has 1 unspecified atom stereocenters. The zero-order chi connectivity index (χ0) is 48.7. The van der Waals surface area contributed by atoms with Crippen molar-refractivity contribution in [2.75, 3.05) is 19.8 Å². The van der Waals surface area contributed by atoms with Gasteiger partial charge in [0.2, 0.25) is 0 Å². The number of unbranched alkanes of at least 4 members (excludes halogenated alkanes) is 24. The van der Waals surface area contributed by atoms with E-state index >= 15 is 0 Å². The summed E-state index contributed by atoms with van der Waals surface area (Å²) in [6.45, 7) is 2.33. The minimum absolute atomic E-state index is 0.0497. The molecule has 0 aromatic heterocycles. The van der Waals surface area contributed by atoms with Gasteiger partial charge in [-0.3, -0.25) is 18.6 Å². The summed E-state index contributed by atoms with van der Waals surface area (Å²) in [5.41, 5.74) is 5.95. The third kappa shape index (κ3) is 24.5. The molecule has 0 bridgehead atoms. The lowest BCUT2D eigenvalue weighted by atomic mass is 9.84. The average Bonchev–Trinajstić information content (AvgIpc) is 3.29. The zero-order valence-corrected chi connectivity index (χ0v) is 41.0. The standard InChI is InChI=1S/C47H90NO17P/c1-3-5-7-9-11-13-15-17-19-21-23-25-27-29-36(50)60-32-34(62-37(51)30-28-26-24-22-20-18-16-14-12-10-8-6-4-2)33-61-66(58,59)65-46-44(57)42(55)41(54)43(56)45(46)64-47-38(48)40(53)39(52)35(31-49)63-47/h34-35,38-47,49,52-57H,3-33,48H2,1-2H3,(H,58,59)/t34-,35-,38-,39-,40-,41-,42-,43+,44-,45-,46-,47-/m1/s1. The van der Waals surface area contributed by atoms with E-state index in [1.807, 2.05) is 0 Å². The molecule has 0 amide bonds. The number of rotatable bonds is 39. The Kier molecular flexibility index (Phi) is 32.9. The number of carbonyl (C=O) groups is 2. The van der Waals surface area contributed by atoms with Crippen LogP contribution in [0.3, 0.4) is 0 Å². The number of aliphatic hydroxyl groups is 7. The number of ether oxygens (including phenoxy) is 4. The average molecular weight is 972 g/mol. The van der Waals surface area contributed by atoms with Crippen LogP contribution < -0.4 is 5.73 Å². The van der Waals surface area contributed by atoms with Gasteiger partial charge in [-0.25, -0.2) is 4.57 Å². The van der Waals surface area contributed by atoms with Gasteiger partial charge in [0.25, 0.3) is 0 Å². The van der Waals surface area contributed by atoms with Crippen LogP contribution in [-0.2, 0) is 42.1 Å². The Labute approximate surface area is 394 Å². The van der Waals surface area contributed by atoms with Gasteiger partial charge < -0.3 is 65.3 Å². The van der Waals surface area contributed by atoms with E-state index in [0.29, 0.717) is 12.8 Å². The molecule has 18 nitrogen and oxygen atoms in total. The fraction of sp³-hybridized carbons (Fsp3) is 0.957. The Hall–Kier alpha value is -1.35. The second kappa shape index (κ2) is 35.7. The lowest BCUT2D eigenvalue weighted by Crippen LogP contribution is -2.68. The van der Waals surface area contributed by atoms with Crippen molar-refractivity contribution in [2.24, 2.45) is 5.73 Å². The summed E-state index contributed by atoms with van der Waals surface area (Å²) in [5, 5.41) is 72.8. The first-order valence-electron chi connectivity index (χ1n) is 25.4. The van der Waals surface area contributed by atoms with Crippen LogP contribution in [0.25, 0.3) is 0 Å². The van der Waals surface area contributed by atoms with Crippen LogP contribution in [0.4, 0.5) is 0 Å². The van der Waals surface area contributed by atoms with E-state index < -0.39 is 113 Å². The van der Waals surface area contributed by atoms with Crippen molar-refractivity contribution in [3.63, 3.8) is 0 Å². The van der Waals surface area contributed by atoms with Gasteiger partial charge in [-0.15, -0.1) is 0 Å². The van der Waals surface area contributed by atoms with E-state index in [9.17, 15) is 54.8 Å². The predicted molar refractivity (Wildman–Crippen MR) is 247 cm³/mol. The van der Waals surface area contributed by atoms with Gasteiger partial charge in [-0.2, -0.15) is 0 Å². The fourth-order valence-electron chi connectivity index (χ4n) is 8.40. The van der Waals surface area contributed by atoms with Crippen LogP contribution in [-0.4, -0.2) is 146 Å². The molecule has 2 aliphatic rings. The van der Waals surface area contributed by atoms with Crippen LogP contribution in [0.5, 0.6) is 0 Å². The van der Waals surface area contributed by atoms with Crippen LogP contribution in [0.1, 0.15) is 194 Å². The first kappa shape index (κ1) is 60.8. The molecule has 1 heterocycles. The fourth-order valence-corrected chi connectivity index (χ4v) is 9.37. The first-order valence-corrected chi connectivity index (χ1v) is 26.9. The topological polar surface area (TPSA) is 294 Å². The second-order valence-corrected chi connectivity index (χ2v) is 19.9. The molecule has 2 fully saturated rings. The van der Waals surface area contributed by atoms with Crippen molar-refractivity contribution in [3.8, 4) is 0 Å². The van der Waals surface area contributed by atoms with E-state index in [-0.39, 0.29) is 12.8 Å². The van der Waals surface area contributed by atoms with Gasteiger partial charge in [-0.05, 0) is 12.8 Å². The highest BCUT2D eigenvalue weighted by atomic mass is 31.2. The summed E-state index contributed by atoms with van der Waals surface area (Å²) in [5.74, 6) is -1.18. The van der Waals surface area contributed by atoms with Crippen molar-refractivity contribution >= 4 is 19.8 Å². The zero-order valence-electron chi connectivity index (χ0n) is 40.1. The SMILES string of the molecule is CCCCCCCCCCCCCCCC(=O)OC[C@H](COP(=O)(O)O[C@@H]1[C@H](O)[C@H](O)[C@@H](O)[C@H](O)[C@H]1O[C@H]1O[C@H](CO)[C@@H](O)[C@H](O)[C@H]1N)OC(=O)CCCCCCCCCCCCCCC. The maximum Gasteiger partial charge on any atom is 0.472 e. The summed E-state index contributed by atoms with van der Waals surface area (Å²) >= 11 is 0. The number of carbonyl (C=O) groups excluding carboxylic acids is 2. The summed E-state index contributed by atoms with van der Waals surface area (Å²) in [7, 11) is -5.33. The Morgan fingerprint density at radius 2 is 0.970 bits per heavy atom. The maximum absolute atomic E-state index is 13.4. The van der Waals surface area contributed by atoms with Crippen LogP contribution >= 0.6 is 7.82 Å². The molecule has 0 aromatic carbocycles. The highest BCUT2D eigenvalue weighted by molar-refractivity contribution is 7.47. The van der Waals surface area contributed by atoms with Gasteiger partial charge in [0.05, 0.1) is 19.3 Å². The van der Waals surface area contributed by atoms with Gasteiger partial charge in [-0.1, -0.05) is 168 Å². The molecule has 2 rings (SSSR count). The van der Waals surface area contributed by atoms with Crippen molar-refractivity contribution in [1.29, 1.82) is 0 Å². The number of esters is 2. The first-order chi connectivity index (χ1) is 31.7. The molecule has 19 heteroatoms. The normalized spacial score (nSPS) is 28.2. The number of aliphatic hydroxyl groups excluding tert-OH is 7. The van der Waals surface area contributed by atoms with E-state index in [1.165, 1.54) is 103 Å². The highest BCUT2D eigenvalue weighted by Crippen LogP contribution is 2.48. The molecule has 10 N–H and O–H groups in total. The van der Waals surface area contributed by atoms with E-state index in [4.69, 9.17) is 33.7 Å². The Morgan fingerprint density at radius 1 is 0.561 bits per heavy atom. The number of phosphoric acid groups is 1. The smallest absolute Gasteiger partial charge is 0.462 e. The summed E-state index contributed by atoms with van der Waals surface area (Å²) in [4.78, 5) is 36.5. The van der Waals surface area contributed by atoms with Gasteiger partial charge in [0.15, 0.2) is 12.4 Å². The number of nitrogens with two attached hydrogens (primary N) is 1. The molecule has 1 saturated carbocycles. The Bertz CT molecular complexity index is 1300. The molecule has 66 heavy (non-hydrogen) atoms. The summed E-state index contributed by atoms with van der Waals surface area (Å²) in [6.07, 6.45) is 9.30. The summed E-state index contributed by atoms with van der Waals surface area (Å²) < 4.78 is 45.8. The molecular weight excluding hydrogens is 881 g/mol. The number of hydrogen-bond acceptors (Lipinski definition) is 17. The lowest BCUT2D eigenvalue weighted by molar-refractivity contribution is -0.315. The Morgan fingerprint density at radius 3 is 1.41 bits per heavy atom. The minimum Gasteiger partial charge on any atom is -0.462 e. The van der Waals surface area contributed by atoms with Crippen molar-refractivity contribution in [2.45, 2.75) is 267 Å². The molecule has 0 aromatic rings. The molecule has 1 saturated heterocycles. The highest BCUT2D eigenvalue weighted by Gasteiger charge is 2.55. The molecule has 1 aliphatic heterocycles. The van der Waals surface area contributed by atoms with E-state index in [1.54, 1.807) is 0 Å². The van der Waals surface area contributed by atoms with E-state index in [0.717, 1.165) is 51.4 Å². The van der Waals surface area contributed by atoms with Gasteiger partial charge >= 0.3 is 19.8 Å². The quantitative estimate of drug-likeness (QED) is 0.0208. The molecular formula is C47H90NO17P. The Balaban J connectivity index is 1.95.